The topological polar surface area (TPSA) is 80.7 Å². The zero-order valence-corrected chi connectivity index (χ0v) is 12.2. The molecule has 0 bridgehead atoms. The average molecular weight is 332 g/mol. The molecular weight excluding hydrogens is 320 g/mol. The highest BCUT2D eigenvalue weighted by molar-refractivity contribution is 7.87. The monoisotopic (exact) mass is 332 g/mol. The average Bonchev–Trinajstić information content (AvgIpc) is 2.24. The second kappa shape index (κ2) is 5.48. The lowest BCUT2D eigenvalue weighted by Crippen LogP contribution is -2.17. The number of hydrogen-bond acceptors (Lipinski definition) is 4. The van der Waals surface area contributed by atoms with Crippen LogP contribution in [0.2, 0.25) is 0 Å². The lowest BCUT2D eigenvalue weighted by atomic mass is 10.1. The van der Waals surface area contributed by atoms with Crippen molar-refractivity contribution in [1.82, 2.24) is 0 Å². The zero-order chi connectivity index (χ0) is 15.8. The van der Waals surface area contributed by atoms with Crippen molar-refractivity contribution in [2.75, 3.05) is 13.0 Å². The van der Waals surface area contributed by atoms with Crippen molar-refractivity contribution in [2.24, 2.45) is 0 Å². The van der Waals surface area contributed by atoms with Crippen LogP contribution >= 0.6 is 7.37 Å². The molecule has 1 atom stereocenters. The third-order valence-electron chi connectivity index (χ3n) is 2.21. The number of aryl methyl sites for hydroxylation is 1. The van der Waals surface area contributed by atoms with E-state index in [-0.39, 0.29) is 5.56 Å². The molecule has 20 heavy (non-hydrogen) atoms. The zero-order valence-electron chi connectivity index (χ0n) is 10.5. The SMILES string of the molecule is Cc1cccc(C(F)(F)F)c1S(=O)(=O)OCP(C)(=O)O. The van der Waals surface area contributed by atoms with E-state index < -0.39 is 40.5 Å². The van der Waals surface area contributed by atoms with Gasteiger partial charge in [-0.25, -0.2) is 0 Å². The van der Waals surface area contributed by atoms with Gasteiger partial charge in [-0.05, 0) is 18.6 Å². The van der Waals surface area contributed by atoms with Crippen LogP contribution in [0.5, 0.6) is 0 Å². The van der Waals surface area contributed by atoms with E-state index in [0.29, 0.717) is 6.07 Å². The third kappa shape index (κ3) is 4.31. The van der Waals surface area contributed by atoms with Gasteiger partial charge in [0.2, 0.25) is 7.37 Å². The van der Waals surface area contributed by atoms with Gasteiger partial charge in [0, 0.05) is 6.66 Å². The second-order valence-electron chi connectivity index (χ2n) is 4.20. The van der Waals surface area contributed by atoms with E-state index in [9.17, 15) is 26.2 Å². The van der Waals surface area contributed by atoms with E-state index in [2.05, 4.69) is 4.18 Å². The van der Waals surface area contributed by atoms with E-state index in [1.165, 1.54) is 13.0 Å². The predicted molar refractivity (Wildman–Crippen MR) is 65.1 cm³/mol. The Kier molecular flexibility index (Phi) is 4.70. The van der Waals surface area contributed by atoms with E-state index in [4.69, 9.17) is 4.89 Å². The molecule has 0 heterocycles. The highest BCUT2D eigenvalue weighted by Crippen LogP contribution is 2.39. The summed E-state index contributed by atoms with van der Waals surface area (Å²) in [6.45, 7) is 2.01. The van der Waals surface area contributed by atoms with Crippen LogP contribution in [0.1, 0.15) is 11.1 Å². The lowest BCUT2D eigenvalue weighted by molar-refractivity contribution is -0.140. The molecule has 0 saturated heterocycles. The molecule has 0 aliphatic heterocycles. The summed E-state index contributed by atoms with van der Waals surface area (Å²) in [6.07, 6.45) is -5.96. The van der Waals surface area contributed by atoms with Crippen LogP contribution < -0.4 is 0 Å². The Morgan fingerprint density at radius 1 is 1.35 bits per heavy atom. The molecule has 10 heteroatoms. The van der Waals surface area contributed by atoms with Gasteiger partial charge in [0.15, 0.2) is 0 Å². The first kappa shape index (κ1) is 17.2. The first-order valence-electron chi connectivity index (χ1n) is 5.20. The fourth-order valence-electron chi connectivity index (χ4n) is 1.43. The third-order valence-corrected chi connectivity index (χ3v) is 4.47. The van der Waals surface area contributed by atoms with E-state index in [1.54, 1.807) is 0 Å². The molecule has 1 aromatic carbocycles. The maximum Gasteiger partial charge on any atom is 0.417 e. The minimum absolute atomic E-state index is 0.163. The van der Waals surface area contributed by atoms with E-state index in [1.807, 2.05) is 0 Å². The summed E-state index contributed by atoms with van der Waals surface area (Å²) >= 11 is 0. The lowest BCUT2D eigenvalue weighted by Gasteiger charge is -2.15. The molecule has 0 fully saturated rings. The molecule has 114 valence electrons. The fourth-order valence-corrected chi connectivity index (χ4v) is 3.80. The van der Waals surface area contributed by atoms with Crippen LogP contribution in [-0.4, -0.2) is 26.3 Å². The van der Waals surface area contributed by atoms with Gasteiger partial charge in [-0.1, -0.05) is 12.1 Å². The van der Waals surface area contributed by atoms with Gasteiger partial charge in [-0.2, -0.15) is 21.6 Å². The molecule has 0 spiro atoms. The molecule has 1 N–H and O–H groups in total. The van der Waals surface area contributed by atoms with Crippen molar-refractivity contribution in [2.45, 2.75) is 18.0 Å². The summed E-state index contributed by atoms with van der Waals surface area (Å²) in [4.78, 5) is 7.93. The Morgan fingerprint density at radius 3 is 2.35 bits per heavy atom. The van der Waals surface area contributed by atoms with Crippen LogP contribution in [0.25, 0.3) is 0 Å². The van der Waals surface area contributed by atoms with Crippen LogP contribution in [0.4, 0.5) is 13.2 Å². The normalized spacial score (nSPS) is 15.9. The molecule has 0 radical (unpaired) electrons. The van der Waals surface area contributed by atoms with E-state index >= 15 is 0 Å². The Hall–Kier alpha value is -0.890. The van der Waals surface area contributed by atoms with Gasteiger partial charge in [0.05, 0.1) is 5.56 Å². The van der Waals surface area contributed by atoms with Crippen LogP contribution in [0, 0.1) is 6.92 Å². The van der Waals surface area contributed by atoms with Crippen molar-refractivity contribution in [3.8, 4) is 0 Å². The van der Waals surface area contributed by atoms with Crippen molar-refractivity contribution < 1.29 is 35.2 Å². The largest absolute Gasteiger partial charge is 0.417 e. The minimum atomic E-state index is -4.88. The maximum atomic E-state index is 12.8. The van der Waals surface area contributed by atoms with Crippen LogP contribution in [0.3, 0.4) is 0 Å². The summed E-state index contributed by atoms with van der Waals surface area (Å²) < 4.78 is 77.3. The molecule has 1 unspecified atom stereocenters. The predicted octanol–water partition coefficient (Wildman–Crippen LogP) is 2.58. The molecule has 0 aliphatic carbocycles. The summed E-state index contributed by atoms with van der Waals surface area (Å²) in [6, 6.07) is 2.84. The smallest absolute Gasteiger partial charge is 0.343 e. The standard InChI is InChI=1S/C10H12F3O5PS/c1-7-4-3-5-8(10(11,12)13)9(7)20(16,17)18-6-19(2,14)15/h3-5H,6H2,1-2H3,(H,14,15). The summed E-state index contributed by atoms with van der Waals surface area (Å²) in [5, 5.41) is 0. The van der Waals surface area contributed by atoms with Crippen molar-refractivity contribution in [3.63, 3.8) is 0 Å². The molecule has 0 aliphatic rings. The van der Waals surface area contributed by atoms with Crippen molar-refractivity contribution >= 4 is 17.5 Å². The Labute approximate surface area is 114 Å². The number of halogens is 3. The molecule has 1 aromatic rings. The van der Waals surface area contributed by atoms with Gasteiger partial charge < -0.3 is 4.89 Å². The number of hydrogen-bond donors (Lipinski definition) is 1. The number of benzene rings is 1. The van der Waals surface area contributed by atoms with Gasteiger partial charge in [0.1, 0.15) is 11.2 Å². The molecule has 5 nitrogen and oxygen atoms in total. The Balaban J connectivity index is 3.35. The highest BCUT2D eigenvalue weighted by Gasteiger charge is 2.38. The van der Waals surface area contributed by atoms with Crippen molar-refractivity contribution in [1.29, 1.82) is 0 Å². The second-order valence-corrected chi connectivity index (χ2v) is 8.11. The Bertz CT molecular complexity index is 647. The summed E-state index contributed by atoms with van der Waals surface area (Å²) in [5.74, 6) is 0. The van der Waals surface area contributed by atoms with E-state index in [0.717, 1.165) is 12.7 Å². The van der Waals surface area contributed by atoms with Crippen molar-refractivity contribution in [3.05, 3.63) is 29.3 Å². The first-order valence-corrected chi connectivity index (χ1v) is 8.90. The van der Waals surface area contributed by atoms with Crippen LogP contribution in [0.15, 0.2) is 23.1 Å². The minimum Gasteiger partial charge on any atom is -0.343 e. The van der Waals surface area contributed by atoms with Gasteiger partial charge in [-0.15, -0.1) is 0 Å². The molecular formula is C10H12F3O5PS. The molecule has 1 rings (SSSR count). The molecule has 0 aromatic heterocycles. The van der Waals surface area contributed by atoms with Gasteiger partial charge in [0.25, 0.3) is 10.1 Å². The van der Waals surface area contributed by atoms with Crippen LogP contribution in [-0.2, 0) is 25.0 Å². The number of alkyl halides is 3. The molecule has 0 saturated carbocycles. The molecule has 0 amide bonds. The Morgan fingerprint density at radius 2 is 1.90 bits per heavy atom. The van der Waals surface area contributed by atoms with Gasteiger partial charge in [-0.3, -0.25) is 8.75 Å². The summed E-state index contributed by atoms with van der Waals surface area (Å²) in [7, 11) is -8.63. The number of rotatable bonds is 4. The summed E-state index contributed by atoms with van der Waals surface area (Å²) in [5.41, 5.74) is -1.54. The highest BCUT2D eigenvalue weighted by atomic mass is 32.2. The van der Waals surface area contributed by atoms with Gasteiger partial charge >= 0.3 is 6.18 Å². The quantitative estimate of drug-likeness (QED) is 0.677. The fraction of sp³-hybridized carbons (Fsp3) is 0.400. The first-order chi connectivity index (χ1) is 8.84. The maximum absolute atomic E-state index is 12.8.